The number of hydrogen-bond acceptors (Lipinski definition) is 2. The van der Waals surface area contributed by atoms with Gasteiger partial charge in [-0.1, -0.05) is 0 Å². The van der Waals surface area contributed by atoms with Crippen LogP contribution in [0.1, 0.15) is 19.3 Å². The van der Waals surface area contributed by atoms with Crippen molar-refractivity contribution < 1.29 is 27.9 Å². The van der Waals surface area contributed by atoms with Crippen molar-refractivity contribution >= 4 is 12.0 Å². The Balaban J connectivity index is 2.23. The second kappa shape index (κ2) is 4.80. The van der Waals surface area contributed by atoms with E-state index in [4.69, 9.17) is 5.11 Å². The Kier molecular flexibility index (Phi) is 3.84. The highest BCUT2D eigenvalue weighted by atomic mass is 19.4. The lowest BCUT2D eigenvalue weighted by Gasteiger charge is -2.19. The number of carbonyl (C=O) groups is 2. The quantitative estimate of drug-likeness (QED) is 0.687. The van der Waals surface area contributed by atoms with Gasteiger partial charge in [0.2, 0.25) is 0 Å². The summed E-state index contributed by atoms with van der Waals surface area (Å²) in [6.07, 6.45) is -4.53. The molecule has 0 bridgehead atoms. The molecule has 1 aliphatic carbocycles. The molecule has 17 heavy (non-hydrogen) atoms. The summed E-state index contributed by atoms with van der Waals surface area (Å²) < 4.78 is 37.4. The third kappa shape index (κ3) is 3.79. The fourth-order valence-electron chi connectivity index (χ4n) is 1.31. The molecule has 0 saturated heterocycles. The van der Waals surface area contributed by atoms with E-state index in [2.05, 4.69) is 10.6 Å². The molecular formula is C9H13F3N2O3. The van der Waals surface area contributed by atoms with Crippen molar-refractivity contribution in [2.24, 2.45) is 5.41 Å². The SMILES string of the molecule is O=C(O)CCNC(=O)NCC1(C(F)(F)F)CC1. The van der Waals surface area contributed by atoms with Gasteiger partial charge in [0.15, 0.2) is 0 Å². The van der Waals surface area contributed by atoms with Crippen molar-refractivity contribution in [2.45, 2.75) is 25.4 Å². The summed E-state index contributed by atoms with van der Waals surface area (Å²) in [5.41, 5.74) is -1.78. The van der Waals surface area contributed by atoms with Crippen molar-refractivity contribution in [3.63, 3.8) is 0 Å². The maximum Gasteiger partial charge on any atom is 0.396 e. The molecule has 0 aromatic heterocycles. The second-order valence-electron chi connectivity index (χ2n) is 4.03. The Morgan fingerprint density at radius 1 is 1.24 bits per heavy atom. The largest absolute Gasteiger partial charge is 0.481 e. The Hall–Kier alpha value is -1.47. The number of carboxylic acid groups (broad SMARTS) is 1. The highest BCUT2D eigenvalue weighted by Gasteiger charge is 2.63. The predicted octanol–water partition coefficient (Wildman–Crippen LogP) is 1.10. The van der Waals surface area contributed by atoms with Crippen LogP contribution < -0.4 is 10.6 Å². The van der Waals surface area contributed by atoms with Gasteiger partial charge in [0.25, 0.3) is 0 Å². The fourth-order valence-corrected chi connectivity index (χ4v) is 1.31. The van der Waals surface area contributed by atoms with Gasteiger partial charge in [-0.05, 0) is 12.8 Å². The average Bonchev–Trinajstić information content (AvgIpc) is 2.93. The minimum atomic E-state index is -4.30. The maximum atomic E-state index is 12.5. The van der Waals surface area contributed by atoms with Crippen LogP contribution in [0.15, 0.2) is 0 Å². The van der Waals surface area contributed by atoms with Crippen LogP contribution in [0.2, 0.25) is 0 Å². The molecule has 0 atom stereocenters. The van der Waals surface area contributed by atoms with Gasteiger partial charge >= 0.3 is 18.2 Å². The Morgan fingerprint density at radius 2 is 1.82 bits per heavy atom. The molecule has 0 aliphatic heterocycles. The summed E-state index contributed by atoms with van der Waals surface area (Å²) in [6, 6.07) is -0.776. The number of nitrogens with one attached hydrogen (secondary N) is 2. The van der Waals surface area contributed by atoms with Crippen LogP contribution in [0.5, 0.6) is 0 Å². The van der Waals surface area contributed by atoms with Crippen LogP contribution in [0.3, 0.4) is 0 Å². The predicted molar refractivity (Wildman–Crippen MR) is 51.4 cm³/mol. The fraction of sp³-hybridized carbons (Fsp3) is 0.778. The molecule has 0 spiro atoms. The molecule has 0 radical (unpaired) electrons. The van der Waals surface area contributed by atoms with Crippen LogP contribution in [-0.4, -0.2) is 36.4 Å². The number of hydrogen-bond donors (Lipinski definition) is 3. The van der Waals surface area contributed by atoms with E-state index in [-0.39, 0.29) is 25.8 Å². The van der Waals surface area contributed by atoms with E-state index in [1.165, 1.54) is 0 Å². The molecule has 1 aliphatic rings. The molecule has 1 saturated carbocycles. The van der Waals surface area contributed by atoms with Crippen LogP contribution in [0.25, 0.3) is 0 Å². The molecule has 8 heteroatoms. The first kappa shape index (κ1) is 13.6. The molecule has 1 fully saturated rings. The smallest absolute Gasteiger partial charge is 0.396 e. The molecule has 1 rings (SSSR count). The van der Waals surface area contributed by atoms with Gasteiger partial charge in [0, 0.05) is 13.1 Å². The lowest BCUT2D eigenvalue weighted by Crippen LogP contribution is -2.43. The van der Waals surface area contributed by atoms with Gasteiger partial charge in [-0.25, -0.2) is 4.79 Å². The van der Waals surface area contributed by atoms with Crippen LogP contribution >= 0.6 is 0 Å². The number of halogens is 3. The number of amides is 2. The number of alkyl halides is 3. The average molecular weight is 254 g/mol. The zero-order valence-electron chi connectivity index (χ0n) is 8.93. The Morgan fingerprint density at radius 3 is 2.24 bits per heavy atom. The lowest BCUT2D eigenvalue weighted by molar-refractivity contribution is -0.184. The lowest BCUT2D eigenvalue weighted by atomic mass is 10.1. The number of rotatable bonds is 5. The maximum absolute atomic E-state index is 12.5. The molecular weight excluding hydrogens is 241 g/mol. The van der Waals surface area contributed by atoms with E-state index < -0.39 is 30.1 Å². The van der Waals surface area contributed by atoms with Gasteiger partial charge in [-0.15, -0.1) is 0 Å². The minimum absolute atomic E-state index is 0.0197. The highest BCUT2D eigenvalue weighted by molar-refractivity contribution is 5.75. The van der Waals surface area contributed by atoms with Crippen LogP contribution in [0.4, 0.5) is 18.0 Å². The van der Waals surface area contributed by atoms with Crippen molar-refractivity contribution in [3.05, 3.63) is 0 Å². The van der Waals surface area contributed by atoms with Gasteiger partial charge in [-0.2, -0.15) is 13.2 Å². The van der Waals surface area contributed by atoms with Gasteiger partial charge < -0.3 is 15.7 Å². The monoisotopic (exact) mass is 254 g/mol. The van der Waals surface area contributed by atoms with Gasteiger partial charge in [-0.3, -0.25) is 4.79 Å². The van der Waals surface area contributed by atoms with Crippen LogP contribution in [0, 0.1) is 5.41 Å². The Bertz CT molecular complexity index is 313. The van der Waals surface area contributed by atoms with Crippen molar-refractivity contribution in [1.29, 1.82) is 0 Å². The summed E-state index contributed by atoms with van der Waals surface area (Å²) in [5.74, 6) is -1.08. The van der Waals surface area contributed by atoms with E-state index in [1.54, 1.807) is 0 Å². The topological polar surface area (TPSA) is 78.4 Å². The number of urea groups is 1. The molecule has 3 N–H and O–H groups in total. The summed E-state index contributed by atoms with van der Waals surface area (Å²) >= 11 is 0. The zero-order chi connectivity index (χ0) is 13.1. The molecule has 2 amide bonds. The normalized spacial score (nSPS) is 17.4. The first-order valence-corrected chi connectivity index (χ1v) is 5.07. The van der Waals surface area contributed by atoms with E-state index >= 15 is 0 Å². The number of carboxylic acids is 1. The first-order chi connectivity index (χ1) is 7.77. The molecule has 5 nitrogen and oxygen atoms in total. The van der Waals surface area contributed by atoms with Gasteiger partial charge in [0.05, 0.1) is 11.8 Å². The molecule has 0 aromatic carbocycles. The standard InChI is InChI=1S/C9H13F3N2O3/c10-9(11,12)8(2-3-8)5-14-7(17)13-4-1-6(15)16/h1-5H2,(H,15,16)(H2,13,14,17). The Labute approximate surface area is 95.4 Å². The van der Waals surface area contributed by atoms with Crippen molar-refractivity contribution in [2.75, 3.05) is 13.1 Å². The molecule has 0 heterocycles. The first-order valence-electron chi connectivity index (χ1n) is 5.07. The summed E-state index contributed by atoms with van der Waals surface area (Å²) in [6.45, 7) is -0.574. The van der Waals surface area contributed by atoms with Gasteiger partial charge in [0.1, 0.15) is 0 Å². The number of carbonyl (C=O) groups excluding carboxylic acids is 1. The zero-order valence-corrected chi connectivity index (χ0v) is 8.93. The summed E-state index contributed by atoms with van der Waals surface area (Å²) in [4.78, 5) is 21.2. The summed E-state index contributed by atoms with van der Waals surface area (Å²) in [7, 11) is 0. The van der Waals surface area contributed by atoms with Crippen LogP contribution in [-0.2, 0) is 4.79 Å². The second-order valence-corrected chi connectivity index (χ2v) is 4.03. The van der Waals surface area contributed by atoms with E-state index in [0.717, 1.165) is 0 Å². The molecule has 98 valence electrons. The third-order valence-electron chi connectivity index (χ3n) is 2.67. The minimum Gasteiger partial charge on any atom is -0.481 e. The number of aliphatic carboxylic acids is 1. The van der Waals surface area contributed by atoms with E-state index in [1.807, 2.05) is 0 Å². The molecule has 0 aromatic rings. The van der Waals surface area contributed by atoms with E-state index in [9.17, 15) is 22.8 Å². The summed E-state index contributed by atoms with van der Waals surface area (Å²) in [5, 5.41) is 12.6. The molecule has 0 unspecified atom stereocenters. The van der Waals surface area contributed by atoms with Crippen molar-refractivity contribution in [3.8, 4) is 0 Å². The third-order valence-corrected chi connectivity index (χ3v) is 2.67. The van der Waals surface area contributed by atoms with E-state index in [0.29, 0.717) is 0 Å². The van der Waals surface area contributed by atoms with Crippen molar-refractivity contribution in [1.82, 2.24) is 10.6 Å². The highest BCUT2D eigenvalue weighted by Crippen LogP contribution is 2.56.